The average molecular weight is 466 g/mol. The number of ether oxygens (including phenoxy) is 1. The number of carbonyl (C=O) groups is 2. The number of benzene rings is 3. The molecule has 0 radical (unpaired) electrons. The van der Waals surface area contributed by atoms with Crippen molar-refractivity contribution in [2.75, 3.05) is 10.2 Å². The largest absolute Gasteiger partial charge is 0.573 e. The molecule has 0 saturated heterocycles. The summed E-state index contributed by atoms with van der Waals surface area (Å²) < 4.78 is 41.9. The Morgan fingerprint density at radius 3 is 2.18 bits per heavy atom. The first-order chi connectivity index (χ1) is 16.0. The number of imide groups is 1. The van der Waals surface area contributed by atoms with Gasteiger partial charge in [-0.2, -0.15) is 0 Å². The van der Waals surface area contributed by atoms with Crippen LogP contribution in [0.5, 0.6) is 5.75 Å². The van der Waals surface area contributed by atoms with E-state index in [-0.39, 0.29) is 17.0 Å². The fraction of sp³-hybridized carbons (Fsp3) is 0.154. The van der Waals surface area contributed by atoms with E-state index >= 15 is 0 Å². The van der Waals surface area contributed by atoms with Crippen LogP contribution in [-0.4, -0.2) is 18.2 Å². The van der Waals surface area contributed by atoms with Gasteiger partial charge in [-0.25, -0.2) is 4.90 Å². The van der Waals surface area contributed by atoms with E-state index in [0.717, 1.165) is 33.7 Å². The number of rotatable bonds is 5. The summed E-state index contributed by atoms with van der Waals surface area (Å²) in [6.07, 6.45) is -4.86. The maximum absolute atomic E-state index is 13.5. The molecule has 5 nitrogen and oxygen atoms in total. The van der Waals surface area contributed by atoms with Crippen LogP contribution in [0.4, 0.5) is 24.5 Å². The summed E-state index contributed by atoms with van der Waals surface area (Å²) in [7, 11) is 0. The summed E-state index contributed by atoms with van der Waals surface area (Å²) in [6, 6.07) is 17.4. The molecular weight excluding hydrogens is 445 g/mol. The summed E-state index contributed by atoms with van der Waals surface area (Å²) in [6.45, 7) is 5.70. The summed E-state index contributed by atoms with van der Waals surface area (Å²) in [5.41, 5.74) is 4.08. The van der Waals surface area contributed by atoms with Gasteiger partial charge in [0.15, 0.2) is 0 Å². The van der Waals surface area contributed by atoms with Crippen molar-refractivity contribution in [3.05, 3.63) is 94.7 Å². The van der Waals surface area contributed by atoms with Crippen LogP contribution in [0, 0.1) is 20.8 Å². The second-order valence-electron chi connectivity index (χ2n) is 8.03. The van der Waals surface area contributed by atoms with Crippen LogP contribution in [0.25, 0.3) is 5.57 Å². The lowest BCUT2D eigenvalue weighted by atomic mass is 10.0. The highest BCUT2D eigenvalue weighted by Crippen LogP contribution is 2.35. The lowest BCUT2D eigenvalue weighted by molar-refractivity contribution is -0.274. The van der Waals surface area contributed by atoms with Crippen molar-refractivity contribution in [2.45, 2.75) is 27.1 Å². The highest BCUT2D eigenvalue weighted by atomic mass is 19.4. The number of nitrogens with zero attached hydrogens (tertiary/aromatic N) is 1. The molecule has 0 unspecified atom stereocenters. The molecule has 3 aromatic rings. The molecular formula is C26H21F3N2O3. The fourth-order valence-electron chi connectivity index (χ4n) is 3.65. The van der Waals surface area contributed by atoms with Crippen molar-refractivity contribution in [1.82, 2.24) is 0 Å². The second kappa shape index (κ2) is 8.70. The molecule has 1 heterocycles. The first kappa shape index (κ1) is 23.1. The first-order valence-electron chi connectivity index (χ1n) is 10.4. The Labute approximate surface area is 194 Å². The minimum absolute atomic E-state index is 0.0313. The van der Waals surface area contributed by atoms with E-state index in [9.17, 15) is 22.8 Å². The van der Waals surface area contributed by atoms with Crippen molar-refractivity contribution in [2.24, 2.45) is 0 Å². The number of hydrogen-bond donors (Lipinski definition) is 1. The van der Waals surface area contributed by atoms with Gasteiger partial charge in [-0.3, -0.25) is 9.59 Å². The van der Waals surface area contributed by atoms with Crippen LogP contribution < -0.4 is 15.0 Å². The number of nitrogens with one attached hydrogen (secondary N) is 1. The van der Waals surface area contributed by atoms with E-state index in [1.54, 1.807) is 24.3 Å². The van der Waals surface area contributed by atoms with Crippen LogP contribution in [0.2, 0.25) is 0 Å². The van der Waals surface area contributed by atoms with Gasteiger partial charge in [0.2, 0.25) is 0 Å². The summed E-state index contributed by atoms with van der Waals surface area (Å²) in [5.74, 6) is -1.58. The maximum Gasteiger partial charge on any atom is 0.573 e. The Morgan fingerprint density at radius 1 is 0.824 bits per heavy atom. The van der Waals surface area contributed by atoms with E-state index in [0.29, 0.717) is 11.3 Å². The Morgan fingerprint density at radius 2 is 1.53 bits per heavy atom. The zero-order valence-corrected chi connectivity index (χ0v) is 18.7. The van der Waals surface area contributed by atoms with E-state index in [1.165, 1.54) is 12.1 Å². The normalized spacial score (nSPS) is 14.1. The first-order valence-corrected chi connectivity index (χ1v) is 10.4. The zero-order chi connectivity index (χ0) is 24.6. The van der Waals surface area contributed by atoms with Gasteiger partial charge in [0.1, 0.15) is 11.4 Å². The molecule has 0 bridgehead atoms. The van der Waals surface area contributed by atoms with Crippen LogP contribution in [0.1, 0.15) is 22.3 Å². The van der Waals surface area contributed by atoms with Gasteiger partial charge in [-0.1, -0.05) is 42.0 Å². The smallest absolute Gasteiger partial charge is 0.406 e. The van der Waals surface area contributed by atoms with Gasteiger partial charge in [-0.15, -0.1) is 13.2 Å². The number of carbonyl (C=O) groups excluding carboxylic acids is 2. The third kappa shape index (κ3) is 4.66. The summed E-state index contributed by atoms with van der Waals surface area (Å²) >= 11 is 0. The predicted octanol–water partition coefficient (Wildman–Crippen LogP) is 5.91. The molecule has 8 heteroatoms. The van der Waals surface area contributed by atoms with Crippen molar-refractivity contribution in [3.8, 4) is 5.75 Å². The van der Waals surface area contributed by atoms with Crippen molar-refractivity contribution in [3.63, 3.8) is 0 Å². The Hall–Kier alpha value is -4.07. The molecule has 4 rings (SSSR count). The van der Waals surface area contributed by atoms with Gasteiger partial charge in [0.05, 0.1) is 11.3 Å². The number of halogens is 3. The molecule has 2 amide bonds. The number of hydrogen-bond acceptors (Lipinski definition) is 4. The average Bonchev–Trinajstić information content (AvgIpc) is 2.99. The topological polar surface area (TPSA) is 58.6 Å². The third-order valence-electron chi connectivity index (χ3n) is 5.51. The lowest BCUT2D eigenvalue weighted by Crippen LogP contribution is -2.32. The van der Waals surface area contributed by atoms with Crippen LogP contribution >= 0.6 is 0 Å². The number of anilines is 2. The Bertz CT molecular complexity index is 1310. The summed E-state index contributed by atoms with van der Waals surface area (Å²) in [5, 5.41) is 2.86. The fourth-order valence-corrected chi connectivity index (χ4v) is 3.65. The highest BCUT2D eigenvalue weighted by molar-refractivity contribution is 6.46. The molecule has 0 fully saturated rings. The maximum atomic E-state index is 13.5. The van der Waals surface area contributed by atoms with Crippen LogP contribution in [0.15, 0.2) is 72.4 Å². The molecule has 174 valence electrons. The highest BCUT2D eigenvalue weighted by Gasteiger charge is 2.40. The van der Waals surface area contributed by atoms with Crippen LogP contribution in [-0.2, 0) is 9.59 Å². The predicted molar refractivity (Wildman–Crippen MR) is 123 cm³/mol. The van der Waals surface area contributed by atoms with Gasteiger partial charge < -0.3 is 10.1 Å². The van der Waals surface area contributed by atoms with E-state index < -0.39 is 23.9 Å². The van der Waals surface area contributed by atoms with E-state index in [1.807, 2.05) is 39.0 Å². The molecule has 1 aliphatic rings. The molecule has 34 heavy (non-hydrogen) atoms. The van der Waals surface area contributed by atoms with Crippen molar-refractivity contribution >= 4 is 28.8 Å². The molecule has 0 aromatic heterocycles. The van der Waals surface area contributed by atoms with Gasteiger partial charge in [-0.05, 0) is 61.7 Å². The zero-order valence-electron chi connectivity index (χ0n) is 18.7. The van der Waals surface area contributed by atoms with Crippen molar-refractivity contribution < 1.29 is 27.5 Å². The Balaban J connectivity index is 1.78. The van der Waals surface area contributed by atoms with Gasteiger partial charge >= 0.3 is 6.36 Å². The Kier molecular flexibility index (Phi) is 5.91. The minimum Gasteiger partial charge on any atom is -0.406 e. The molecule has 0 aliphatic carbocycles. The molecule has 3 aromatic carbocycles. The number of alkyl halides is 3. The lowest BCUT2D eigenvalue weighted by Gasteiger charge is -2.17. The van der Waals surface area contributed by atoms with Crippen molar-refractivity contribution in [1.29, 1.82) is 0 Å². The third-order valence-corrected chi connectivity index (χ3v) is 5.51. The SMILES string of the molecule is Cc1ccc(C2=C(Nc3cccc(OC(F)(F)F)c3)C(=O)N(c3ccc(C)c(C)c3)C2=O)cc1. The molecule has 1 aliphatic heterocycles. The molecule has 1 N–H and O–H groups in total. The van der Waals surface area contributed by atoms with E-state index in [4.69, 9.17) is 0 Å². The minimum atomic E-state index is -4.86. The summed E-state index contributed by atoms with van der Waals surface area (Å²) in [4.78, 5) is 28.0. The second-order valence-corrected chi connectivity index (χ2v) is 8.03. The van der Waals surface area contributed by atoms with Crippen LogP contribution in [0.3, 0.4) is 0 Å². The van der Waals surface area contributed by atoms with Gasteiger partial charge in [0, 0.05) is 11.8 Å². The monoisotopic (exact) mass is 466 g/mol. The number of aryl methyl sites for hydroxylation is 3. The standard InChI is InChI=1S/C26H21F3N2O3/c1-15-7-10-18(11-8-15)22-23(30-19-5-4-6-21(14-19)34-26(27,28)29)25(33)31(24(22)32)20-12-9-16(2)17(3)13-20/h4-14,30H,1-3H3. The molecule has 0 saturated carbocycles. The number of amides is 2. The molecule has 0 spiro atoms. The van der Waals surface area contributed by atoms with Gasteiger partial charge in [0.25, 0.3) is 11.8 Å². The van der Waals surface area contributed by atoms with E-state index in [2.05, 4.69) is 10.1 Å². The molecule has 0 atom stereocenters. The quantitative estimate of drug-likeness (QED) is 0.475.